The normalized spacial score (nSPS) is 15.9. The first-order chi connectivity index (χ1) is 14.5. The fourth-order valence-electron chi connectivity index (χ4n) is 3.91. The Labute approximate surface area is 179 Å². The summed E-state index contributed by atoms with van der Waals surface area (Å²) in [5.41, 5.74) is 2.28. The molecule has 3 N–H and O–H groups in total. The fourth-order valence-corrected chi connectivity index (χ4v) is 4.13. The molecule has 2 aromatic carbocycles. The first-order valence-corrected chi connectivity index (χ1v) is 10.5. The third-order valence-corrected chi connectivity index (χ3v) is 5.93. The van der Waals surface area contributed by atoms with Gasteiger partial charge in [-0.1, -0.05) is 41.9 Å². The SMILES string of the molecule is O=C(NC(Cc1c[nH]c2ccccc12)C(=O)N1CCC(O)CC1)c1ccccc1Cl. The minimum atomic E-state index is -0.733. The number of fused-ring (bicyclic) bond motifs is 1. The topological polar surface area (TPSA) is 85.4 Å². The summed E-state index contributed by atoms with van der Waals surface area (Å²) in [4.78, 5) is 31.1. The van der Waals surface area contributed by atoms with Gasteiger partial charge in [0.1, 0.15) is 6.04 Å². The maximum atomic E-state index is 13.3. The number of hydrogen-bond donors (Lipinski definition) is 3. The largest absolute Gasteiger partial charge is 0.393 e. The van der Waals surface area contributed by atoms with Crippen molar-refractivity contribution in [2.45, 2.75) is 31.4 Å². The van der Waals surface area contributed by atoms with E-state index < -0.39 is 6.04 Å². The van der Waals surface area contributed by atoms with E-state index in [1.54, 1.807) is 29.2 Å². The summed E-state index contributed by atoms with van der Waals surface area (Å²) in [6, 6.07) is 13.9. The molecule has 2 amide bonds. The van der Waals surface area contributed by atoms with Crippen molar-refractivity contribution in [1.82, 2.24) is 15.2 Å². The van der Waals surface area contributed by atoms with E-state index in [9.17, 15) is 14.7 Å². The van der Waals surface area contributed by atoms with E-state index in [4.69, 9.17) is 11.6 Å². The Morgan fingerprint density at radius 2 is 1.83 bits per heavy atom. The number of likely N-dealkylation sites (tertiary alicyclic amines) is 1. The van der Waals surface area contributed by atoms with Crippen molar-refractivity contribution in [3.63, 3.8) is 0 Å². The molecule has 1 aromatic heterocycles. The van der Waals surface area contributed by atoms with Crippen LogP contribution >= 0.6 is 11.6 Å². The summed E-state index contributed by atoms with van der Waals surface area (Å²) in [6.07, 6.45) is 2.96. The van der Waals surface area contributed by atoms with Crippen molar-refractivity contribution in [3.8, 4) is 0 Å². The number of carbonyl (C=O) groups is 2. The third-order valence-electron chi connectivity index (χ3n) is 5.60. The zero-order valence-electron chi connectivity index (χ0n) is 16.5. The van der Waals surface area contributed by atoms with E-state index >= 15 is 0 Å². The number of H-pyrrole nitrogens is 1. The molecule has 1 unspecified atom stereocenters. The molecular weight excluding hydrogens is 402 g/mol. The summed E-state index contributed by atoms with van der Waals surface area (Å²) in [5, 5.41) is 14.0. The number of rotatable bonds is 5. The van der Waals surface area contributed by atoms with E-state index in [-0.39, 0.29) is 17.9 Å². The van der Waals surface area contributed by atoms with Gasteiger partial charge in [0.15, 0.2) is 0 Å². The summed E-state index contributed by atoms with van der Waals surface area (Å²) in [5.74, 6) is -0.525. The van der Waals surface area contributed by atoms with Crippen LogP contribution in [0.1, 0.15) is 28.8 Å². The van der Waals surface area contributed by atoms with Crippen LogP contribution < -0.4 is 5.32 Å². The number of hydrogen-bond acceptors (Lipinski definition) is 3. The second kappa shape index (κ2) is 8.90. The maximum Gasteiger partial charge on any atom is 0.253 e. The van der Waals surface area contributed by atoms with Gasteiger partial charge in [-0.2, -0.15) is 0 Å². The predicted octanol–water partition coefficient (Wildman–Crippen LogP) is 3.15. The molecule has 156 valence electrons. The summed E-state index contributed by atoms with van der Waals surface area (Å²) in [6.45, 7) is 0.957. The van der Waals surface area contributed by atoms with Crippen LogP contribution in [0.15, 0.2) is 54.7 Å². The standard InChI is InChI=1S/C23H24ClN3O3/c24-19-7-3-1-6-18(19)22(29)26-21(23(30)27-11-9-16(28)10-12-27)13-15-14-25-20-8-4-2-5-17(15)20/h1-8,14,16,21,25,28H,9-13H2,(H,26,29). The zero-order chi connectivity index (χ0) is 21.1. The lowest BCUT2D eigenvalue weighted by Gasteiger charge is -2.32. The molecular formula is C23H24ClN3O3. The van der Waals surface area contributed by atoms with Gasteiger partial charge < -0.3 is 20.3 Å². The highest BCUT2D eigenvalue weighted by atomic mass is 35.5. The van der Waals surface area contributed by atoms with Crippen LogP contribution in [0.3, 0.4) is 0 Å². The Morgan fingerprint density at radius 1 is 1.13 bits per heavy atom. The van der Waals surface area contributed by atoms with E-state index in [1.807, 2.05) is 30.5 Å². The molecule has 0 bridgehead atoms. The predicted molar refractivity (Wildman–Crippen MR) is 117 cm³/mol. The lowest BCUT2D eigenvalue weighted by atomic mass is 10.0. The maximum absolute atomic E-state index is 13.3. The Kier molecular flexibility index (Phi) is 6.06. The average molecular weight is 426 g/mol. The second-order valence-corrected chi connectivity index (χ2v) is 8.03. The lowest BCUT2D eigenvalue weighted by molar-refractivity contribution is -0.135. The summed E-state index contributed by atoms with van der Waals surface area (Å²) < 4.78 is 0. The Bertz CT molecular complexity index is 1060. The first kappa shape index (κ1) is 20.4. The van der Waals surface area contributed by atoms with Crippen LogP contribution in [0.25, 0.3) is 10.9 Å². The van der Waals surface area contributed by atoms with Gasteiger partial charge in [-0.25, -0.2) is 0 Å². The molecule has 6 nitrogen and oxygen atoms in total. The fraction of sp³-hybridized carbons (Fsp3) is 0.304. The zero-order valence-corrected chi connectivity index (χ0v) is 17.2. The molecule has 1 aliphatic heterocycles. The van der Waals surface area contributed by atoms with Gasteiger partial charge in [0, 0.05) is 36.6 Å². The van der Waals surface area contributed by atoms with Crippen molar-refractivity contribution >= 4 is 34.3 Å². The number of benzene rings is 2. The molecule has 0 aliphatic carbocycles. The van der Waals surface area contributed by atoms with Crippen molar-refractivity contribution in [2.24, 2.45) is 0 Å². The number of aromatic nitrogens is 1. The molecule has 2 heterocycles. The Balaban J connectivity index is 1.59. The van der Waals surface area contributed by atoms with Crippen LogP contribution in [0.2, 0.25) is 5.02 Å². The molecule has 1 fully saturated rings. The number of aliphatic hydroxyl groups excluding tert-OH is 1. The molecule has 1 atom stereocenters. The van der Waals surface area contributed by atoms with Gasteiger partial charge in [-0.3, -0.25) is 9.59 Å². The number of aliphatic hydroxyl groups is 1. The molecule has 0 spiro atoms. The summed E-state index contributed by atoms with van der Waals surface area (Å²) in [7, 11) is 0. The number of carbonyl (C=O) groups excluding carboxylic acids is 2. The molecule has 1 saturated heterocycles. The highest BCUT2D eigenvalue weighted by Crippen LogP contribution is 2.21. The minimum absolute atomic E-state index is 0.146. The van der Waals surface area contributed by atoms with Gasteiger partial charge in [0.25, 0.3) is 5.91 Å². The quantitative estimate of drug-likeness (QED) is 0.587. The van der Waals surface area contributed by atoms with Gasteiger partial charge in [-0.15, -0.1) is 0 Å². The molecule has 4 rings (SSSR count). The number of amides is 2. The van der Waals surface area contributed by atoms with E-state index in [0.29, 0.717) is 42.9 Å². The van der Waals surface area contributed by atoms with Crippen LogP contribution in [0.5, 0.6) is 0 Å². The van der Waals surface area contributed by atoms with Gasteiger partial charge in [0.05, 0.1) is 16.7 Å². The van der Waals surface area contributed by atoms with Crippen molar-refractivity contribution in [3.05, 3.63) is 70.9 Å². The lowest BCUT2D eigenvalue weighted by Crippen LogP contribution is -2.52. The van der Waals surface area contributed by atoms with Crippen molar-refractivity contribution < 1.29 is 14.7 Å². The molecule has 3 aromatic rings. The number of halogens is 1. The average Bonchev–Trinajstić information content (AvgIpc) is 3.16. The minimum Gasteiger partial charge on any atom is -0.393 e. The van der Waals surface area contributed by atoms with Crippen molar-refractivity contribution in [1.29, 1.82) is 0 Å². The van der Waals surface area contributed by atoms with E-state index in [2.05, 4.69) is 10.3 Å². The Hall–Kier alpha value is -2.83. The number of nitrogens with one attached hydrogen (secondary N) is 2. The highest BCUT2D eigenvalue weighted by molar-refractivity contribution is 6.33. The van der Waals surface area contributed by atoms with Crippen LogP contribution in [-0.4, -0.2) is 52.0 Å². The monoisotopic (exact) mass is 425 g/mol. The second-order valence-electron chi connectivity index (χ2n) is 7.63. The number of piperidine rings is 1. The van der Waals surface area contributed by atoms with E-state index in [0.717, 1.165) is 16.5 Å². The van der Waals surface area contributed by atoms with Crippen LogP contribution in [0.4, 0.5) is 0 Å². The smallest absolute Gasteiger partial charge is 0.253 e. The van der Waals surface area contributed by atoms with Gasteiger partial charge in [0.2, 0.25) is 5.91 Å². The van der Waals surface area contributed by atoms with Gasteiger partial charge in [-0.05, 0) is 36.6 Å². The van der Waals surface area contributed by atoms with Crippen LogP contribution in [-0.2, 0) is 11.2 Å². The molecule has 0 saturated carbocycles. The first-order valence-electron chi connectivity index (χ1n) is 10.1. The number of nitrogens with zero attached hydrogens (tertiary/aromatic N) is 1. The van der Waals surface area contributed by atoms with Crippen LogP contribution in [0, 0.1) is 0 Å². The van der Waals surface area contributed by atoms with Crippen molar-refractivity contribution in [2.75, 3.05) is 13.1 Å². The molecule has 7 heteroatoms. The highest BCUT2D eigenvalue weighted by Gasteiger charge is 2.30. The summed E-state index contributed by atoms with van der Waals surface area (Å²) >= 11 is 6.18. The molecule has 1 aliphatic rings. The van der Waals surface area contributed by atoms with Gasteiger partial charge >= 0.3 is 0 Å². The van der Waals surface area contributed by atoms with E-state index in [1.165, 1.54) is 0 Å². The molecule has 0 radical (unpaired) electrons. The number of para-hydroxylation sites is 1. The number of aromatic amines is 1. The molecule has 30 heavy (non-hydrogen) atoms. The Morgan fingerprint density at radius 3 is 2.60 bits per heavy atom. The third kappa shape index (κ3) is 4.35.